The van der Waals surface area contributed by atoms with Crippen LogP contribution in [-0.4, -0.2) is 46.5 Å². The molecule has 30 heavy (non-hydrogen) atoms. The van der Waals surface area contributed by atoms with Crippen LogP contribution in [0.25, 0.3) is 0 Å². The summed E-state index contributed by atoms with van der Waals surface area (Å²) in [5.41, 5.74) is 4.39. The molecule has 0 fully saturated rings. The van der Waals surface area contributed by atoms with Crippen molar-refractivity contribution in [1.82, 2.24) is 19.9 Å². The summed E-state index contributed by atoms with van der Waals surface area (Å²) >= 11 is 1.36. The van der Waals surface area contributed by atoms with Gasteiger partial charge in [0.2, 0.25) is 5.95 Å². The maximum atomic E-state index is 13.0. The molecule has 0 radical (unpaired) electrons. The first-order valence-electron chi connectivity index (χ1n) is 9.54. The smallest absolute Gasteiger partial charge is 0.273 e. The average molecular weight is 426 g/mol. The Bertz CT molecular complexity index is 1080. The molecule has 0 saturated carbocycles. The van der Waals surface area contributed by atoms with Gasteiger partial charge < -0.3 is 19.7 Å². The van der Waals surface area contributed by atoms with Gasteiger partial charge in [-0.1, -0.05) is 0 Å². The Morgan fingerprint density at radius 2 is 1.70 bits per heavy atom. The second-order valence-electron chi connectivity index (χ2n) is 7.09. The Morgan fingerprint density at radius 1 is 1.03 bits per heavy atom. The third-order valence-corrected chi connectivity index (χ3v) is 5.69. The molecular weight excluding hydrogens is 402 g/mol. The van der Waals surface area contributed by atoms with Crippen LogP contribution in [0, 0.1) is 13.8 Å². The van der Waals surface area contributed by atoms with Crippen LogP contribution in [0.5, 0.6) is 11.5 Å². The van der Waals surface area contributed by atoms with E-state index in [-0.39, 0.29) is 5.91 Å². The van der Waals surface area contributed by atoms with Crippen LogP contribution in [0.1, 0.15) is 33.0 Å². The zero-order valence-corrected chi connectivity index (χ0v) is 18.2. The van der Waals surface area contributed by atoms with Gasteiger partial charge in [-0.25, -0.2) is 15.0 Å². The van der Waals surface area contributed by atoms with E-state index in [0.29, 0.717) is 41.4 Å². The summed E-state index contributed by atoms with van der Waals surface area (Å²) in [6, 6.07) is 5.84. The fraction of sp³-hybridized carbons (Fsp3) is 0.333. The minimum atomic E-state index is -0.0962. The molecule has 0 saturated heterocycles. The first-order chi connectivity index (χ1) is 14.5. The van der Waals surface area contributed by atoms with Crippen molar-refractivity contribution in [2.24, 2.45) is 0 Å². The van der Waals surface area contributed by atoms with Crippen molar-refractivity contribution in [3.63, 3.8) is 0 Å². The van der Waals surface area contributed by atoms with E-state index in [1.165, 1.54) is 16.9 Å². The minimum absolute atomic E-state index is 0.0962. The number of rotatable bonds is 5. The standard InChI is InChI=1S/C21H23N5O3S/c1-12-7-13(2)23-20(22-12)25-21-24-16(11-30-21)19(27)26-6-5-14-8-17(28-3)18(29-4)9-15(14)10-26/h7-9,11H,5-6,10H2,1-4H3,(H,22,23,24,25). The second-order valence-corrected chi connectivity index (χ2v) is 7.95. The van der Waals surface area contributed by atoms with Gasteiger partial charge in [-0.15, -0.1) is 11.3 Å². The van der Waals surface area contributed by atoms with Crippen molar-refractivity contribution < 1.29 is 14.3 Å². The van der Waals surface area contributed by atoms with Crippen molar-refractivity contribution in [1.29, 1.82) is 0 Å². The number of amides is 1. The lowest BCUT2D eigenvalue weighted by atomic mass is 9.98. The number of hydrogen-bond acceptors (Lipinski definition) is 8. The van der Waals surface area contributed by atoms with Crippen LogP contribution in [0.2, 0.25) is 0 Å². The molecule has 1 N–H and O–H groups in total. The molecule has 3 aromatic rings. The van der Waals surface area contributed by atoms with Gasteiger partial charge >= 0.3 is 0 Å². The first kappa shape index (κ1) is 20.1. The van der Waals surface area contributed by atoms with Crippen LogP contribution < -0.4 is 14.8 Å². The van der Waals surface area contributed by atoms with E-state index in [0.717, 1.165) is 23.4 Å². The summed E-state index contributed by atoms with van der Waals surface area (Å²) in [5.74, 6) is 1.76. The molecule has 1 amide bonds. The molecule has 0 spiro atoms. The summed E-state index contributed by atoms with van der Waals surface area (Å²) < 4.78 is 10.8. The summed E-state index contributed by atoms with van der Waals surface area (Å²) in [5, 5.41) is 5.44. The van der Waals surface area contributed by atoms with E-state index in [2.05, 4.69) is 20.3 Å². The number of thiazole rings is 1. The number of carbonyl (C=O) groups is 1. The van der Waals surface area contributed by atoms with Gasteiger partial charge in [-0.3, -0.25) is 4.79 Å². The number of nitrogens with zero attached hydrogens (tertiary/aromatic N) is 4. The second kappa shape index (κ2) is 8.27. The third kappa shape index (κ3) is 4.06. The summed E-state index contributed by atoms with van der Waals surface area (Å²) in [6.45, 7) is 4.96. The lowest BCUT2D eigenvalue weighted by Gasteiger charge is -2.29. The normalized spacial score (nSPS) is 13.0. The highest BCUT2D eigenvalue weighted by molar-refractivity contribution is 7.14. The van der Waals surface area contributed by atoms with Crippen LogP contribution in [0.3, 0.4) is 0 Å². The van der Waals surface area contributed by atoms with Gasteiger partial charge in [0.05, 0.1) is 14.2 Å². The first-order valence-corrected chi connectivity index (χ1v) is 10.4. The predicted octanol–water partition coefficient (Wildman–Crippen LogP) is 3.51. The molecule has 8 nitrogen and oxygen atoms in total. The Labute approximate surface area is 178 Å². The number of anilines is 2. The van der Waals surface area contributed by atoms with Gasteiger partial charge in [0, 0.05) is 29.9 Å². The zero-order chi connectivity index (χ0) is 21.3. The monoisotopic (exact) mass is 425 g/mol. The molecule has 0 unspecified atom stereocenters. The molecule has 0 aliphatic carbocycles. The molecule has 156 valence electrons. The fourth-order valence-corrected chi connectivity index (χ4v) is 4.20. The Balaban J connectivity index is 1.49. The number of aryl methyl sites for hydroxylation is 2. The quantitative estimate of drug-likeness (QED) is 0.669. The van der Waals surface area contributed by atoms with E-state index >= 15 is 0 Å². The molecular formula is C21H23N5O3S. The maximum absolute atomic E-state index is 13.0. The highest BCUT2D eigenvalue weighted by Crippen LogP contribution is 2.33. The van der Waals surface area contributed by atoms with Crippen molar-refractivity contribution in [2.45, 2.75) is 26.8 Å². The third-order valence-electron chi connectivity index (χ3n) is 4.93. The molecule has 1 aliphatic heterocycles. The SMILES string of the molecule is COc1cc2c(cc1OC)CN(C(=O)c1csc(Nc3nc(C)cc(C)n3)n1)CC2. The molecule has 3 heterocycles. The van der Waals surface area contributed by atoms with Gasteiger partial charge in [-0.2, -0.15) is 0 Å². The van der Waals surface area contributed by atoms with Crippen LogP contribution in [-0.2, 0) is 13.0 Å². The molecule has 0 atom stereocenters. The Hall–Kier alpha value is -3.20. The fourth-order valence-electron chi connectivity index (χ4n) is 3.53. The average Bonchev–Trinajstić information content (AvgIpc) is 3.19. The van der Waals surface area contributed by atoms with Crippen molar-refractivity contribution in [2.75, 3.05) is 26.1 Å². The summed E-state index contributed by atoms with van der Waals surface area (Å²) in [4.78, 5) is 28.0. The van der Waals surface area contributed by atoms with E-state index in [1.54, 1.807) is 24.5 Å². The highest BCUT2D eigenvalue weighted by atomic mass is 32.1. The van der Waals surface area contributed by atoms with Crippen LogP contribution in [0.4, 0.5) is 11.1 Å². The molecule has 0 bridgehead atoms. The van der Waals surface area contributed by atoms with Gasteiger partial charge in [0.25, 0.3) is 5.91 Å². The Morgan fingerprint density at radius 3 is 2.37 bits per heavy atom. The number of ether oxygens (including phenoxy) is 2. The summed E-state index contributed by atoms with van der Waals surface area (Å²) in [6.07, 6.45) is 0.757. The number of benzene rings is 1. The van der Waals surface area contributed by atoms with E-state index in [4.69, 9.17) is 9.47 Å². The molecule has 2 aromatic heterocycles. The van der Waals surface area contributed by atoms with Crippen molar-refractivity contribution in [3.8, 4) is 11.5 Å². The van der Waals surface area contributed by atoms with E-state index in [1.807, 2.05) is 32.0 Å². The number of nitrogens with one attached hydrogen (secondary N) is 1. The molecule has 9 heteroatoms. The predicted molar refractivity (Wildman–Crippen MR) is 115 cm³/mol. The zero-order valence-electron chi connectivity index (χ0n) is 17.4. The van der Waals surface area contributed by atoms with E-state index in [9.17, 15) is 4.79 Å². The van der Waals surface area contributed by atoms with E-state index < -0.39 is 0 Å². The highest BCUT2D eigenvalue weighted by Gasteiger charge is 2.25. The minimum Gasteiger partial charge on any atom is -0.493 e. The number of carbonyl (C=O) groups excluding carboxylic acids is 1. The largest absolute Gasteiger partial charge is 0.493 e. The van der Waals surface area contributed by atoms with Crippen molar-refractivity contribution >= 4 is 28.3 Å². The number of aromatic nitrogens is 3. The molecule has 1 aromatic carbocycles. The molecule has 1 aliphatic rings. The van der Waals surface area contributed by atoms with Crippen LogP contribution >= 0.6 is 11.3 Å². The Kier molecular flexibility index (Phi) is 5.54. The molecule has 4 rings (SSSR count). The topological polar surface area (TPSA) is 89.5 Å². The van der Waals surface area contributed by atoms with Crippen LogP contribution in [0.15, 0.2) is 23.6 Å². The maximum Gasteiger partial charge on any atom is 0.273 e. The number of fused-ring (bicyclic) bond motifs is 1. The number of hydrogen-bond donors (Lipinski definition) is 1. The van der Waals surface area contributed by atoms with Gasteiger partial charge in [0.15, 0.2) is 16.6 Å². The van der Waals surface area contributed by atoms with Gasteiger partial charge in [0.1, 0.15) is 5.69 Å². The summed E-state index contributed by atoms with van der Waals surface area (Å²) in [7, 11) is 3.24. The lowest BCUT2D eigenvalue weighted by molar-refractivity contribution is 0.0729. The number of methoxy groups -OCH3 is 2. The lowest BCUT2D eigenvalue weighted by Crippen LogP contribution is -2.36. The van der Waals surface area contributed by atoms with Gasteiger partial charge in [-0.05, 0) is 49.6 Å². The van der Waals surface area contributed by atoms with Crippen molar-refractivity contribution in [3.05, 3.63) is 51.8 Å².